The first-order chi connectivity index (χ1) is 8.99. The second-order valence-electron chi connectivity index (χ2n) is 3.78. The van der Waals surface area contributed by atoms with E-state index >= 15 is 0 Å². The summed E-state index contributed by atoms with van der Waals surface area (Å²) in [6.45, 7) is 0. The van der Waals surface area contributed by atoms with E-state index in [0.29, 0.717) is 0 Å². The first kappa shape index (κ1) is 12.9. The molecule has 1 heterocycles. The van der Waals surface area contributed by atoms with E-state index in [9.17, 15) is 18.4 Å². The van der Waals surface area contributed by atoms with Crippen LogP contribution in [-0.2, 0) is 6.42 Å². The Morgan fingerprint density at radius 3 is 2.42 bits per heavy atom. The Hall–Kier alpha value is -2.50. The lowest BCUT2D eigenvalue weighted by molar-refractivity contribution is 0.0660. The fourth-order valence-electron chi connectivity index (χ4n) is 1.55. The number of rotatable bonds is 4. The predicted molar refractivity (Wildman–Crippen MR) is 60.1 cm³/mol. The van der Waals surface area contributed by atoms with E-state index in [2.05, 4.69) is 0 Å². The Balaban J connectivity index is 2.21. The van der Waals surface area contributed by atoms with Gasteiger partial charge in [0.1, 0.15) is 0 Å². The van der Waals surface area contributed by atoms with E-state index < -0.39 is 29.8 Å². The number of carbonyl (C=O) groups is 2. The number of hydrogen-bond donors (Lipinski definition) is 1. The van der Waals surface area contributed by atoms with Crippen molar-refractivity contribution >= 4 is 11.8 Å². The lowest BCUT2D eigenvalue weighted by atomic mass is 10.1. The zero-order valence-electron chi connectivity index (χ0n) is 9.52. The number of carbonyl (C=O) groups excluding carboxylic acids is 1. The molecule has 98 valence electrons. The van der Waals surface area contributed by atoms with Crippen molar-refractivity contribution in [3.8, 4) is 0 Å². The van der Waals surface area contributed by atoms with Gasteiger partial charge in [0, 0.05) is 6.42 Å². The third kappa shape index (κ3) is 2.67. The topological polar surface area (TPSA) is 67.5 Å². The summed E-state index contributed by atoms with van der Waals surface area (Å²) in [5.74, 6) is -4.67. The predicted octanol–water partition coefficient (Wildman–Crippen LogP) is 2.68. The molecule has 4 nitrogen and oxygen atoms in total. The molecule has 0 saturated carbocycles. The van der Waals surface area contributed by atoms with Crippen molar-refractivity contribution in [2.24, 2.45) is 0 Å². The average Bonchev–Trinajstić information content (AvgIpc) is 2.84. The van der Waals surface area contributed by atoms with Gasteiger partial charge in [0.05, 0.1) is 0 Å². The number of carboxylic acid groups (broad SMARTS) is 1. The van der Waals surface area contributed by atoms with Crippen molar-refractivity contribution in [3.63, 3.8) is 0 Å². The number of ketones is 1. The first-order valence-corrected chi connectivity index (χ1v) is 5.28. The summed E-state index contributed by atoms with van der Waals surface area (Å²) in [4.78, 5) is 22.3. The molecule has 1 N–H and O–H groups in total. The summed E-state index contributed by atoms with van der Waals surface area (Å²) in [6, 6.07) is 5.81. The van der Waals surface area contributed by atoms with Gasteiger partial charge >= 0.3 is 5.97 Å². The Labute approximate surface area is 106 Å². The Morgan fingerprint density at radius 1 is 1.11 bits per heavy atom. The standard InChI is InChI=1S/C13H8F2O4/c14-8-3-1-2-7(12(8)15)6-9(16)10-4-5-11(19-10)13(17)18/h1-5H,6H2,(H,17,18). The molecule has 0 aliphatic carbocycles. The van der Waals surface area contributed by atoms with Crippen molar-refractivity contribution in [1.29, 1.82) is 0 Å². The van der Waals surface area contributed by atoms with Crippen LogP contribution in [0.15, 0.2) is 34.7 Å². The molecule has 1 aromatic heterocycles. The van der Waals surface area contributed by atoms with Crippen LogP contribution < -0.4 is 0 Å². The maximum absolute atomic E-state index is 13.4. The lowest BCUT2D eigenvalue weighted by Gasteiger charge is -2.01. The zero-order chi connectivity index (χ0) is 14.0. The largest absolute Gasteiger partial charge is 0.475 e. The van der Waals surface area contributed by atoms with Gasteiger partial charge in [-0.1, -0.05) is 12.1 Å². The molecule has 2 rings (SSSR count). The van der Waals surface area contributed by atoms with Crippen molar-refractivity contribution < 1.29 is 27.9 Å². The number of aromatic carboxylic acids is 1. The van der Waals surface area contributed by atoms with Crippen molar-refractivity contribution in [1.82, 2.24) is 0 Å². The van der Waals surface area contributed by atoms with E-state index in [1.54, 1.807) is 0 Å². The molecule has 0 spiro atoms. The highest BCUT2D eigenvalue weighted by atomic mass is 19.2. The van der Waals surface area contributed by atoms with E-state index in [1.165, 1.54) is 18.2 Å². The molecule has 1 aromatic carbocycles. The number of Topliss-reactive ketones (excluding diaryl/α,β-unsaturated/α-hetero) is 1. The Kier molecular flexibility index (Phi) is 3.41. The number of halogens is 2. The van der Waals surface area contributed by atoms with Gasteiger partial charge in [-0.05, 0) is 23.8 Å². The van der Waals surface area contributed by atoms with Gasteiger partial charge in [0.25, 0.3) is 0 Å². The summed E-state index contributed by atoms with van der Waals surface area (Å²) in [7, 11) is 0. The van der Waals surface area contributed by atoms with Gasteiger partial charge in [-0.2, -0.15) is 0 Å². The van der Waals surface area contributed by atoms with Gasteiger partial charge in [-0.25, -0.2) is 13.6 Å². The Bertz CT molecular complexity index is 646. The summed E-state index contributed by atoms with van der Waals surface area (Å²) in [5.41, 5.74) is -0.113. The molecule has 0 bridgehead atoms. The first-order valence-electron chi connectivity index (χ1n) is 5.28. The molecule has 0 fully saturated rings. The van der Waals surface area contributed by atoms with Crippen molar-refractivity contribution in [3.05, 3.63) is 59.1 Å². The number of benzene rings is 1. The normalized spacial score (nSPS) is 10.4. The third-order valence-electron chi connectivity index (χ3n) is 2.47. The third-order valence-corrected chi connectivity index (χ3v) is 2.47. The van der Waals surface area contributed by atoms with Gasteiger partial charge in [0.2, 0.25) is 11.5 Å². The highest BCUT2D eigenvalue weighted by Crippen LogP contribution is 2.16. The van der Waals surface area contributed by atoms with Crippen LogP contribution in [0.1, 0.15) is 26.7 Å². The van der Waals surface area contributed by atoms with E-state index in [1.807, 2.05) is 0 Å². The van der Waals surface area contributed by atoms with Crippen LogP contribution in [0.2, 0.25) is 0 Å². The monoisotopic (exact) mass is 266 g/mol. The highest BCUT2D eigenvalue weighted by Gasteiger charge is 2.17. The fraction of sp³-hybridized carbons (Fsp3) is 0.0769. The summed E-state index contributed by atoms with van der Waals surface area (Å²) >= 11 is 0. The summed E-state index contributed by atoms with van der Waals surface area (Å²) in [6.07, 6.45) is -0.407. The quantitative estimate of drug-likeness (QED) is 0.864. The van der Waals surface area contributed by atoms with Crippen molar-refractivity contribution in [2.75, 3.05) is 0 Å². The number of carboxylic acids is 1. The van der Waals surface area contributed by atoms with E-state index in [4.69, 9.17) is 9.52 Å². The molecule has 0 saturated heterocycles. The van der Waals surface area contributed by atoms with Crippen LogP contribution in [0.25, 0.3) is 0 Å². The second kappa shape index (κ2) is 5.01. The minimum absolute atomic E-state index is 0.113. The molecule has 0 unspecified atom stereocenters. The molecule has 2 aromatic rings. The maximum Gasteiger partial charge on any atom is 0.371 e. The van der Waals surface area contributed by atoms with Crippen LogP contribution in [0.4, 0.5) is 8.78 Å². The molecule has 19 heavy (non-hydrogen) atoms. The van der Waals surface area contributed by atoms with Crippen LogP contribution in [0, 0.1) is 11.6 Å². The van der Waals surface area contributed by atoms with Gasteiger partial charge in [-0.3, -0.25) is 4.79 Å². The highest BCUT2D eigenvalue weighted by molar-refractivity contribution is 5.96. The minimum Gasteiger partial charge on any atom is -0.475 e. The zero-order valence-corrected chi connectivity index (χ0v) is 9.52. The molecule has 0 aliphatic rings. The van der Waals surface area contributed by atoms with Gasteiger partial charge in [-0.15, -0.1) is 0 Å². The molecule has 0 atom stereocenters. The fourth-order valence-corrected chi connectivity index (χ4v) is 1.55. The van der Waals surface area contributed by atoms with Crippen molar-refractivity contribution in [2.45, 2.75) is 6.42 Å². The molecule has 0 radical (unpaired) electrons. The molecular weight excluding hydrogens is 258 g/mol. The van der Waals surface area contributed by atoms with Crippen LogP contribution in [-0.4, -0.2) is 16.9 Å². The van der Waals surface area contributed by atoms with Crippen LogP contribution in [0.5, 0.6) is 0 Å². The smallest absolute Gasteiger partial charge is 0.371 e. The molecule has 0 aliphatic heterocycles. The molecule has 0 amide bonds. The maximum atomic E-state index is 13.4. The number of furan rings is 1. The molecule has 6 heteroatoms. The van der Waals surface area contributed by atoms with Crippen LogP contribution >= 0.6 is 0 Å². The second-order valence-corrected chi connectivity index (χ2v) is 3.78. The Morgan fingerprint density at radius 2 is 1.79 bits per heavy atom. The SMILES string of the molecule is O=C(O)c1ccc(C(=O)Cc2cccc(F)c2F)o1. The number of hydrogen-bond acceptors (Lipinski definition) is 3. The molecular formula is C13H8F2O4. The lowest BCUT2D eigenvalue weighted by Crippen LogP contribution is -2.05. The van der Waals surface area contributed by atoms with Crippen LogP contribution in [0.3, 0.4) is 0 Å². The van der Waals surface area contributed by atoms with E-state index in [-0.39, 0.29) is 17.1 Å². The average molecular weight is 266 g/mol. The van der Waals surface area contributed by atoms with Gasteiger partial charge < -0.3 is 9.52 Å². The summed E-state index contributed by atoms with van der Waals surface area (Å²) < 4.78 is 31.1. The van der Waals surface area contributed by atoms with Gasteiger partial charge in [0.15, 0.2) is 17.4 Å². The van der Waals surface area contributed by atoms with E-state index in [0.717, 1.165) is 12.1 Å². The minimum atomic E-state index is -1.31. The summed E-state index contributed by atoms with van der Waals surface area (Å²) in [5, 5.41) is 8.64.